The summed E-state index contributed by atoms with van der Waals surface area (Å²) < 4.78 is 11.2. The Morgan fingerprint density at radius 1 is 1.26 bits per heavy atom. The minimum atomic E-state index is -1.38. The van der Waals surface area contributed by atoms with Gasteiger partial charge in [0.2, 0.25) is 0 Å². The number of esters is 1. The van der Waals surface area contributed by atoms with E-state index in [4.69, 9.17) is 44.3 Å². The van der Waals surface area contributed by atoms with Crippen LogP contribution in [-0.4, -0.2) is 46.2 Å². The van der Waals surface area contributed by atoms with Crippen LogP contribution < -0.4 is 0 Å². The highest BCUT2D eigenvalue weighted by molar-refractivity contribution is 6.42. The van der Waals surface area contributed by atoms with Crippen molar-refractivity contribution >= 4 is 46.6 Å². The van der Waals surface area contributed by atoms with E-state index >= 15 is 0 Å². The summed E-state index contributed by atoms with van der Waals surface area (Å²) in [6.07, 6.45) is 0.788. The van der Waals surface area contributed by atoms with Crippen LogP contribution in [0.1, 0.15) is 33.6 Å². The number of hydrogen-bond acceptors (Lipinski definition) is 4. The van der Waals surface area contributed by atoms with Crippen LogP contribution in [0.3, 0.4) is 0 Å². The van der Waals surface area contributed by atoms with Crippen LogP contribution in [0.2, 0.25) is 0 Å². The van der Waals surface area contributed by atoms with Gasteiger partial charge in [0.15, 0.2) is 5.78 Å². The Hall–Kier alpha value is -0.0300. The Kier molecular flexibility index (Phi) is 4.05. The molecule has 0 unspecified atom stereocenters. The summed E-state index contributed by atoms with van der Waals surface area (Å²) in [5, 5.41) is -1.56. The van der Waals surface area contributed by atoms with Crippen molar-refractivity contribution in [1.82, 2.24) is 0 Å². The van der Waals surface area contributed by atoms with Gasteiger partial charge in [0, 0.05) is 18.4 Å². The summed E-state index contributed by atoms with van der Waals surface area (Å²) in [7, 11) is 1.43. The molecule has 1 heterocycles. The quantitative estimate of drug-likeness (QED) is 0.515. The molecule has 23 heavy (non-hydrogen) atoms. The number of carbonyl (C=O) groups excluding carboxylic acids is 2. The van der Waals surface area contributed by atoms with Gasteiger partial charge in [-0.2, -0.15) is 0 Å². The lowest BCUT2D eigenvalue weighted by Crippen LogP contribution is -2.78. The summed E-state index contributed by atoms with van der Waals surface area (Å²) in [5.41, 5.74) is -2.08. The molecule has 7 heteroatoms. The smallest absolute Gasteiger partial charge is 0.309 e. The molecule has 3 aliphatic rings. The van der Waals surface area contributed by atoms with E-state index in [0.29, 0.717) is 6.42 Å². The third-order valence-electron chi connectivity index (χ3n) is 6.56. The lowest BCUT2D eigenvalue weighted by molar-refractivity contribution is -0.183. The lowest BCUT2D eigenvalue weighted by atomic mass is 9.50. The van der Waals surface area contributed by atoms with Gasteiger partial charge in [0.05, 0.1) is 11.3 Å². The topological polar surface area (TPSA) is 52.6 Å². The molecule has 8 atom stereocenters. The first-order valence-electron chi connectivity index (χ1n) is 7.83. The van der Waals surface area contributed by atoms with E-state index in [9.17, 15) is 9.59 Å². The predicted octanol–water partition coefficient (Wildman–Crippen LogP) is 3.14. The van der Waals surface area contributed by atoms with Crippen LogP contribution in [-0.2, 0) is 19.1 Å². The average molecular weight is 384 g/mol. The molecule has 0 aromatic heterocycles. The summed E-state index contributed by atoms with van der Waals surface area (Å²) in [6, 6.07) is 0. The minimum absolute atomic E-state index is 0.0499. The van der Waals surface area contributed by atoms with Crippen molar-refractivity contribution in [1.29, 1.82) is 0 Å². The molecule has 2 aliphatic carbocycles. The first-order valence-corrected chi connectivity index (χ1v) is 9.08. The van der Waals surface area contributed by atoms with Gasteiger partial charge in [-0.05, 0) is 19.8 Å². The molecule has 1 saturated heterocycles. The zero-order valence-corrected chi connectivity index (χ0v) is 15.8. The Bertz CT molecular complexity index is 570. The van der Waals surface area contributed by atoms with E-state index in [1.165, 1.54) is 7.11 Å². The van der Waals surface area contributed by atoms with Gasteiger partial charge in [0.25, 0.3) is 0 Å². The normalized spacial score (nSPS) is 56.0. The first-order chi connectivity index (χ1) is 10.6. The molecule has 0 aromatic carbocycles. The van der Waals surface area contributed by atoms with Gasteiger partial charge >= 0.3 is 5.97 Å². The Labute approximate surface area is 151 Å². The van der Waals surface area contributed by atoms with Crippen LogP contribution in [0.15, 0.2) is 0 Å². The summed E-state index contributed by atoms with van der Waals surface area (Å²) in [4.78, 5) is 23.7. The fourth-order valence-corrected chi connectivity index (χ4v) is 6.34. The molecule has 4 nitrogen and oxygen atoms in total. The van der Waals surface area contributed by atoms with E-state index in [1.54, 1.807) is 6.92 Å². The third kappa shape index (κ3) is 1.84. The largest absolute Gasteiger partial charge is 0.460 e. The monoisotopic (exact) mass is 382 g/mol. The second-order valence-corrected chi connectivity index (χ2v) is 8.92. The summed E-state index contributed by atoms with van der Waals surface area (Å²) in [6.45, 7) is 5.40. The van der Waals surface area contributed by atoms with Crippen molar-refractivity contribution in [2.75, 3.05) is 7.11 Å². The van der Waals surface area contributed by atoms with Crippen molar-refractivity contribution in [3.05, 3.63) is 0 Å². The highest BCUT2D eigenvalue weighted by Crippen LogP contribution is 2.66. The van der Waals surface area contributed by atoms with Crippen molar-refractivity contribution in [2.24, 2.45) is 17.3 Å². The molecular formula is C16H21Cl3O4. The standard InChI is InChI=1S/C16H21Cl3O4/c1-7-8-5-6-14(2)10(18)9(17)11(20)15(3,22-4)16(14,19)12(8)23-13(7)21/h7-10,12H,5-6H2,1-4H3/t7-,8-,9-,10-,12-,14-,15+,16+/m0/s1. The molecule has 0 bridgehead atoms. The highest BCUT2D eigenvalue weighted by Gasteiger charge is 2.77. The predicted molar refractivity (Wildman–Crippen MR) is 88.2 cm³/mol. The number of alkyl halides is 3. The molecule has 0 N–H and O–H groups in total. The fourth-order valence-electron chi connectivity index (χ4n) is 4.81. The van der Waals surface area contributed by atoms with Gasteiger partial charge in [-0.3, -0.25) is 9.59 Å². The van der Waals surface area contributed by atoms with Crippen molar-refractivity contribution in [2.45, 2.75) is 60.9 Å². The van der Waals surface area contributed by atoms with Gasteiger partial charge in [-0.25, -0.2) is 0 Å². The molecule has 0 amide bonds. The molecule has 130 valence electrons. The number of hydrogen-bond donors (Lipinski definition) is 0. The SMILES string of the molecule is CO[C@]1(C)C(=O)[C@@H](Cl)[C@H](Cl)[C@]2(C)CC[C@H]3[C@H](C)C(=O)O[C@@H]3[C@@]21Cl. The van der Waals surface area contributed by atoms with E-state index in [2.05, 4.69) is 0 Å². The second kappa shape index (κ2) is 5.23. The molecule has 0 radical (unpaired) electrons. The maximum absolute atomic E-state index is 12.9. The Morgan fingerprint density at radius 3 is 2.43 bits per heavy atom. The Balaban J connectivity index is 2.21. The van der Waals surface area contributed by atoms with E-state index in [0.717, 1.165) is 6.42 Å². The molecule has 2 saturated carbocycles. The Morgan fingerprint density at radius 2 is 1.87 bits per heavy atom. The molecular weight excluding hydrogens is 363 g/mol. The zero-order valence-electron chi connectivity index (χ0n) is 13.6. The first kappa shape index (κ1) is 17.8. The minimum Gasteiger partial charge on any atom is -0.460 e. The number of halogens is 3. The van der Waals surface area contributed by atoms with Crippen LogP contribution in [0.4, 0.5) is 0 Å². The molecule has 3 fully saturated rings. The highest BCUT2D eigenvalue weighted by atomic mass is 35.5. The van der Waals surface area contributed by atoms with Crippen molar-refractivity contribution < 1.29 is 19.1 Å². The van der Waals surface area contributed by atoms with Crippen LogP contribution >= 0.6 is 34.8 Å². The lowest BCUT2D eigenvalue weighted by Gasteiger charge is -2.63. The van der Waals surface area contributed by atoms with Gasteiger partial charge in [0.1, 0.15) is 22.0 Å². The van der Waals surface area contributed by atoms with Crippen LogP contribution in [0.5, 0.6) is 0 Å². The van der Waals surface area contributed by atoms with Crippen molar-refractivity contribution in [3.63, 3.8) is 0 Å². The summed E-state index contributed by atoms with van der Waals surface area (Å²) in [5.74, 6) is -0.940. The van der Waals surface area contributed by atoms with E-state index < -0.39 is 32.7 Å². The maximum atomic E-state index is 12.9. The molecule has 0 spiro atoms. The molecule has 1 aliphatic heterocycles. The van der Waals surface area contributed by atoms with E-state index in [1.807, 2.05) is 13.8 Å². The maximum Gasteiger partial charge on any atom is 0.309 e. The number of rotatable bonds is 1. The van der Waals surface area contributed by atoms with Crippen molar-refractivity contribution in [3.8, 4) is 0 Å². The summed E-state index contributed by atoms with van der Waals surface area (Å²) >= 11 is 20.1. The molecule has 0 aromatic rings. The third-order valence-corrected chi connectivity index (χ3v) is 8.88. The number of carbonyl (C=O) groups is 2. The zero-order chi connectivity index (χ0) is 17.4. The number of Topliss-reactive ketones (excluding diaryl/α,β-unsaturated/α-hetero) is 1. The fraction of sp³-hybridized carbons (Fsp3) is 0.875. The van der Waals surface area contributed by atoms with Gasteiger partial charge in [-0.1, -0.05) is 13.8 Å². The van der Waals surface area contributed by atoms with Gasteiger partial charge < -0.3 is 9.47 Å². The van der Waals surface area contributed by atoms with E-state index in [-0.39, 0.29) is 23.6 Å². The number of fused-ring (bicyclic) bond motifs is 3. The molecule has 3 rings (SSSR count). The average Bonchev–Trinajstić information content (AvgIpc) is 2.82. The van der Waals surface area contributed by atoms with Crippen LogP contribution in [0, 0.1) is 17.3 Å². The second-order valence-electron chi connectivity index (χ2n) is 7.38. The number of ether oxygens (including phenoxy) is 2. The van der Waals surface area contributed by atoms with Crippen LogP contribution in [0.25, 0.3) is 0 Å². The number of methoxy groups -OCH3 is 1. The van der Waals surface area contributed by atoms with Gasteiger partial charge in [-0.15, -0.1) is 34.8 Å². The number of ketones is 1.